The minimum absolute atomic E-state index is 0.0490. The Hall–Kier alpha value is -3.55. The SMILES string of the molecule is CCOC(=O)c1cnc(C)c(C(=O)ON2C(=O)c3ccccc3C2=O)c1. The molecule has 0 N–H and O–H groups in total. The molecule has 0 atom stereocenters. The van der Waals surface area contributed by atoms with Gasteiger partial charge < -0.3 is 9.57 Å². The molecule has 0 saturated heterocycles. The fourth-order valence-corrected chi connectivity index (χ4v) is 2.45. The molecule has 2 amide bonds. The molecule has 2 aromatic rings. The molecule has 132 valence electrons. The first kappa shape index (κ1) is 17.3. The van der Waals surface area contributed by atoms with E-state index in [0.717, 1.165) is 0 Å². The van der Waals surface area contributed by atoms with Gasteiger partial charge in [-0.3, -0.25) is 14.6 Å². The van der Waals surface area contributed by atoms with E-state index >= 15 is 0 Å². The number of esters is 1. The molecule has 26 heavy (non-hydrogen) atoms. The van der Waals surface area contributed by atoms with Crippen molar-refractivity contribution in [2.45, 2.75) is 13.8 Å². The minimum Gasteiger partial charge on any atom is -0.462 e. The van der Waals surface area contributed by atoms with Gasteiger partial charge in [-0.2, -0.15) is 0 Å². The number of hydroxylamine groups is 2. The molecule has 1 aromatic carbocycles. The van der Waals surface area contributed by atoms with Crippen LogP contribution in [-0.4, -0.2) is 40.4 Å². The van der Waals surface area contributed by atoms with E-state index < -0.39 is 23.8 Å². The van der Waals surface area contributed by atoms with Crippen molar-refractivity contribution in [3.05, 3.63) is 64.5 Å². The normalized spacial score (nSPS) is 12.8. The summed E-state index contributed by atoms with van der Waals surface area (Å²) in [5.41, 5.74) is 0.597. The fourth-order valence-electron chi connectivity index (χ4n) is 2.45. The number of aromatic nitrogens is 1. The number of fused-ring (bicyclic) bond motifs is 1. The predicted molar refractivity (Wildman–Crippen MR) is 87.3 cm³/mol. The molecule has 1 aliphatic heterocycles. The summed E-state index contributed by atoms with van der Waals surface area (Å²) in [4.78, 5) is 57.7. The average molecular weight is 354 g/mol. The molecular formula is C18H14N2O6. The first-order chi connectivity index (χ1) is 12.4. The molecule has 0 fully saturated rings. The van der Waals surface area contributed by atoms with E-state index in [4.69, 9.17) is 9.57 Å². The molecule has 3 rings (SSSR count). The largest absolute Gasteiger partial charge is 0.462 e. The highest BCUT2D eigenvalue weighted by Gasteiger charge is 2.39. The highest BCUT2D eigenvalue weighted by atomic mass is 16.7. The number of rotatable bonds is 4. The lowest BCUT2D eigenvalue weighted by molar-refractivity contribution is -0.0585. The Kier molecular flexibility index (Phi) is 4.49. The number of pyridine rings is 1. The number of amides is 2. The van der Waals surface area contributed by atoms with Gasteiger partial charge in [0.2, 0.25) is 0 Å². The fraction of sp³-hybridized carbons (Fsp3) is 0.167. The van der Waals surface area contributed by atoms with Crippen LogP contribution in [0, 0.1) is 6.92 Å². The number of imide groups is 1. The third-order valence-electron chi connectivity index (χ3n) is 3.75. The quantitative estimate of drug-likeness (QED) is 0.610. The molecule has 0 spiro atoms. The maximum absolute atomic E-state index is 12.4. The van der Waals surface area contributed by atoms with Gasteiger partial charge in [-0.1, -0.05) is 17.2 Å². The van der Waals surface area contributed by atoms with Gasteiger partial charge in [0.05, 0.1) is 34.6 Å². The number of nitrogens with zero attached hydrogens (tertiary/aromatic N) is 2. The van der Waals surface area contributed by atoms with Crippen molar-refractivity contribution in [2.75, 3.05) is 6.61 Å². The highest BCUT2D eigenvalue weighted by Crippen LogP contribution is 2.23. The Balaban J connectivity index is 1.85. The van der Waals surface area contributed by atoms with Gasteiger partial charge in [-0.25, -0.2) is 9.59 Å². The number of aryl methyl sites for hydroxylation is 1. The van der Waals surface area contributed by atoms with Crippen LogP contribution in [0.4, 0.5) is 0 Å². The smallest absolute Gasteiger partial charge is 0.365 e. The van der Waals surface area contributed by atoms with Gasteiger partial charge in [0.15, 0.2) is 0 Å². The summed E-state index contributed by atoms with van der Waals surface area (Å²) >= 11 is 0. The second-order valence-electron chi connectivity index (χ2n) is 5.41. The van der Waals surface area contributed by atoms with E-state index in [1.165, 1.54) is 31.3 Å². The lowest BCUT2D eigenvalue weighted by Gasteiger charge is -2.13. The summed E-state index contributed by atoms with van der Waals surface area (Å²) in [7, 11) is 0. The van der Waals surface area contributed by atoms with Crippen molar-refractivity contribution in [2.24, 2.45) is 0 Å². The first-order valence-electron chi connectivity index (χ1n) is 7.78. The van der Waals surface area contributed by atoms with E-state index in [-0.39, 0.29) is 34.6 Å². The average Bonchev–Trinajstić information content (AvgIpc) is 2.87. The molecule has 0 saturated carbocycles. The maximum Gasteiger partial charge on any atom is 0.365 e. The molecule has 0 unspecified atom stereocenters. The molecule has 0 bridgehead atoms. The van der Waals surface area contributed by atoms with Gasteiger partial charge in [0, 0.05) is 6.20 Å². The standard InChI is InChI=1S/C18H14N2O6/c1-3-25-17(23)11-8-14(10(2)19-9-11)18(24)26-20-15(21)12-6-4-5-7-13(12)16(20)22/h4-9H,3H2,1-2H3. The molecule has 0 radical (unpaired) electrons. The number of hydrogen-bond acceptors (Lipinski definition) is 7. The molecule has 2 heterocycles. The van der Waals surface area contributed by atoms with Crippen molar-refractivity contribution < 1.29 is 28.8 Å². The Bertz CT molecular complexity index is 902. The van der Waals surface area contributed by atoms with Crippen LogP contribution >= 0.6 is 0 Å². The zero-order chi connectivity index (χ0) is 18.8. The molecule has 8 heteroatoms. The van der Waals surface area contributed by atoms with E-state index in [0.29, 0.717) is 5.06 Å². The van der Waals surface area contributed by atoms with Gasteiger partial charge in [0.25, 0.3) is 11.8 Å². The van der Waals surface area contributed by atoms with Crippen LogP contribution in [0.25, 0.3) is 0 Å². The van der Waals surface area contributed by atoms with Gasteiger partial charge in [-0.05, 0) is 32.0 Å². The van der Waals surface area contributed by atoms with E-state index in [9.17, 15) is 19.2 Å². The lowest BCUT2D eigenvalue weighted by Crippen LogP contribution is -2.33. The van der Waals surface area contributed by atoms with Gasteiger partial charge in [0.1, 0.15) is 0 Å². The van der Waals surface area contributed by atoms with Crippen LogP contribution in [0.3, 0.4) is 0 Å². The second-order valence-corrected chi connectivity index (χ2v) is 5.41. The van der Waals surface area contributed by atoms with Crippen LogP contribution < -0.4 is 0 Å². The molecule has 8 nitrogen and oxygen atoms in total. The number of hydrogen-bond donors (Lipinski definition) is 0. The molecule has 1 aromatic heterocycles. The highest BCUT2D eigenvalue weighted by molar-refractivity contribution is 6.21. The monoisotopic (exact) mass is 354 g/mol. The number of ether oxygens (including phenoxy) is 1. The van der Waals surface area contributed by atoms with Crippen molar-refractivity contribution in [1.29, 1.82) is 0 Å². The minimum atomic E-state index is -0.976. The van der Waals surface area contributed by atoms with Gasteiger partial charge >= 0.3 is 11.9 Å². The maximum atomic E-state index is 12.4. The topological polar surface area (TPSA) is 103 Å². The van der Waals surface area contributed by atoms with Crippen molar-refractivity contribution in [3.63, 3.8) is 0 Å². The Morgan fingerprint density at radius 2 is 1.69 bits per heavy atom. The van der Waals surface area contributed by atoms with E-state index in [1.54, 1.807) is 19.1 Å². The van der Waals surface area contributed by atoms with Crippen molar-refractivity contribution in [1.82, 2.24) is 10.0 Å². The second kappa shape index (κ2) is 6.75. The van der Waals surface area contributed by atoms with E-state index in [1.807, 2.05) is 0 Å². The number of carbonyl (C=O) groups is 4. The summed E-state index contributed by atoms with van der Waals surface area (Å²) in [5.74, 6) is -3.08. The van der Waals surface area contributed by atoms with Crippen LogP contribution in [-0.2, 0) is 9.57 Å². The van der Waals surface area contributed by atoms with E-state index in [2.05, 4.69) is 4.98 Å². The summed E-state index contributed by atoms with van der Waals surface area (Å²) < 4.78 is 4.86. The summed E-state index contributed by atoms with van der Waals surface area (Å²) in [6, 6.07) is 7.40. The number of carbonyl (C=O) groups excluding carboxylic acids is 4. The van der Waals surface area contributed by atoms with Crippen LogP contribution in [0.15, 0.2) is 36.5 Å². The molecule has 1 aliphatic rings. The van der Waals surface area contributed by atoms with Crippen LogP contribution in [0.5, 0.6) is 0 Å². The summed E-state index contributed by atoms with van der Waals surface area (Å²) in [6.45, 7) is 3.35. The zero-order valence-electron chi connectivity index (χ0n) is 14.0. The predicted octanol–water partition coefficient (Wildman–Crippen LogP) is 1.93. The number of benzene rings is 1. The van der Waals surface area contributed by atoms with Crippen molar-refractivity contribution >= 4 is 23.8 Å². The first-order valence-corrected chi connectivity index (χ1v) is 7.78. The van der Waals surface area contributed by atoms with Crippen molar-refractivity contribution in [3.8, 4) is 0 Å². The summed E-state index contributed by atoms with van der Waals surface area (Å²) in [5, 5.41) is 0.406. The molecule has 0 aliphatic carbocycles. The third-order valence-corrected chi connectivity index (χ3v) is 3.75. The van der Waals surface area contributed by atoms with Crippen LogP contribution in [0.1, 0.15) is 54.0 Å². The van der Waals surface area contributed by atoms with Crippen LogP contribution in [0.2, 0.25) is 0 Å². The lowest BCUT2D eigenvalue weighted by atomic mass is 10.1. The van der Waals surface area contributed by atoms with Gasteiger partial charge in [-0.15, -0.1) is 0 Å². The molecular weight excluding hydrogens is 340 g/mol. The Labute approximate surface area is 148 Å². The third kappa shape index (κ3) is 2.92. The Morgan fingerprint density at radius 3 is 2.27 bits per heavy atom. The summed E-state index contributed by atoms with van der Waals surface area (Å²) in [6.07, 6.45) is 1.27. The zero-order valence-corrected chi connectivity index (χ0v) is 14.0. The Morgan fingerprint density at radius 1 is 1.08 bits per heavy atom.